The first-order valence-corrected chi connectivity index (χ1v) is 10.9. The van der Waals surface area contributed by atoms with E-state index in [2.05, 4.69) is 6.92 Å². The Hall–Kier alpha value is -4.19. The average molecular weight is 459 g/mol. The summed E-state index contributed by atoms with van der Waals surface area (Å²) in [5, 5.41) is 0. The summed E-state index contributed by atoms with van der Waals surface area (Å²) in [5.41, 5.74) is 4.69. The van der Waals surface area contributed by atoms with Crippen LogP contribution in [0.1, 0.15) is 50.8 Å². The third-order valence-corrected chi connectivity index (χ3v) is 4.92. The minimum Gasteiger partial charge on any atom is -0.427 e. The zero-order valence-corrected chi connectivity index (χ0v) is 19.6. The van der Waals surface area contributed by atoms with Gasteiger partial charge in [0, 0.05) is 20.8 Å². The monoisotopic (exact) mass is 458 g/mol. The minimum atomic E-state index is -0.521. The van der Waals surface area contributed by atoms with Crippen LogP contribution in [0.25, 0.3) is 11.1 Å². The van der Waals surface area contributed by atoms with Crippen molar-refractivity contribution in [1.29, 1.82) is 0 Å². The van der Waals surface area contributed by atoms with E-state index in [1.54, 1.807) is 24.3 Å². The summed E-state index contributed by atoms with van der Waals surface area (Å²) in [6.07, 6.45) is 0.700. The van der Waals surface area contributed by atoms with Crippen molar-refractivity contribution in [3.63, 3.8) is 0 Å². The van der Waals surface area contributed by atoms with Gasteiger partial charge in [-0.1, -0.05) is 55.5 Å². The first-order chi connectivity index (χ1) is 16.3. The molecule has 0 aliphatic heterocycles. The van der Waals surface area contributed by atoms with Gasteiger partial charge in [0.2, 0.25) is 0 Å². The van der Waals surface area contributed by atoms with Crippen LogP contribution in [-0.4, -0.2) is 17.9 Å². The molecule has 0 spiro atoms. The highest BCUT2D eigenvalue weighted by atomic mass is 16.6. The van der Waals surface area contributed by atoms with Crippen molar-refractivity contribution in [1.82, 2.24) is 0 Å². The van der Waals surface area contributed by atoms with Crippen molar-refractivity contribution in [3.05, 3.63) is 89.5 Å². The second-order valence-corrected chi connectivity index (χ2v) is 7.54. The maximum Gasteiger partial charge on any atom is 0.308 e. The van der Waals surface area contributed by atoms with Crippen molar-refractivity contribution in [2.24, 2.45) is 0 Å². The topological polar surface area (TPSA) is 78.9 Å². The lowest BCUT2D eigenvalue weighted by Crippen LogP contribution is -2.07. The highest BCUT2D eigenvalue weighted by molar-refractivity contribution is 5.99. The maximum atomic E-state index is 11.7. The molecule has 0 heterocycles. The molecule has 6 heteroatoms. The van der Waals surface area contributed by atoms with Gasteiger partial charge in [0.15, 0.2) is 11.5 Å². The summed E-state index contributed by atoms with van der Waals surface area (Å²) in [4.78, 5) is 34.5. The van der Waals surface area contributed by atoms with Crippen LogP contribution in [0, 0.1) is 0 Å². The Morgan fingerprint density at radius 1 is 0.618 bits per heavy atom. The van der Waals surface area contributed by atoms with Gasteiger partial charge in [0.25, 0.3) is 0 Å². The molecule has 0 saturated carbocycles. The Kier molecular flexibility index (Phi) is 7.98. The molecule has 6 nitrogen and oxygen atoms in total. The molecule has 3 aromatic carbocycles. The molecule has 0 fully saturated rings. The van der Waals surface area contributed by atoms with Crippen molar-refractivity contribution in [2.45, 2.75) is 34.1 Å². The predicted molar refractivity (Wildman–Crippen MR) is 129 cm³/mol. The Labute approximate surface area is 198 Å². The molecule has 174 valence electrons. The van der Waals surface area contributed by atoms with Crippen molar-refractivity contribution in [3.8, 4) is 17.2 Å². The Morgan fingerprint density at radius 3 is 1.74 bits per heavy atom. The second kappa shape index (κ2) is 11.1. The van der Waals surface area contributed by atoms with Gasteiger partial charge < -0.3 is 14.2 Å². The fourth-order valence-corrected chi connectivity index (χ4v) is 3.67. The van der Waals surface area contributed by atoms with Crippen LogP contribution in [0.15, 0.2) is 72.8 Å². The van der Waals surface area contributed by atoms with Gasteiger partial charge in [-0.3, -0.25) is 14.4 Å². The molecule has 0 bridgehead atoms. The van der Waals surface area contributed by atoms with Crippen LogP contribution in [0.4, 0.5) is 0 Å². The largest absolute Gasteiger partial charge is 0.427 e. The van der Waals surface area contributed by atoms with E-state index in [9.17, 15) is 14.4 Å². The molecule has 0 aliphatic carbocycles. The molecule has 0 aliphatic rings. The zero-order chi connectivity index (χ0) is 24.7. The molecular formula is C28H26O6. The maximum absolute atomic E-state index is 11.7. The van der Waals surface area contributed by atoms with Crippen LogP contribution in [0.3, 0.4) is 0 Å². The van der Waals surface area contributed by atoms with Crippen molar-refractivity contribution < 1.29 is 28.6 Å². The van der Waals surface area contributed by atoms with Crippen LogP contribution in [0.5, 0.6) is 17.2 Å². The quantitative estimate of drug-likeness (QED) is 0.252. The lowest BCUT2D eigenvalue weighted by molar-refractivity contribution is -0.134. The number of allylic oxidation sites excluding steroid dienone is 1. The smallest absolute Gasteiger partial charge is 0.308 e. The summed E-state index contributed by atoms with van der Waals surface area (Å²) < 4.78 is 15.8. The lowest BCUT2D eigenvalue weighted by atomic mass is 9.88. The number of ether oxygens (including phenoxy) is 3. The standard InChI is InChI=1S/C28H26O6/c1-5-25(21-11-14-24(15-12-21)32-18(2)29)28(22-9-7-6-8-10-22)23-13-16-26(33-19(3)30)27(17-23)34-20(4)31/h6-17H,5H2,1-4H3/b28-25-. The van der Waals surface area contributed by atoms with E-state index in [1.807, 2.05) is 48.5 Å². The van der Waals surface area contributed by atoms with Gasteiger partial charge in [-0.2, -0.15) is 0 Å². The van der Waals surface area contributed by atoms with Gasteiger partial charge in [-0.05, 0) is 58.5 Å². The normalized spacial score (nSPS) is 11.3. The molecule has 0 N–H and O–H groups in total. The van der Waals surface area contributed by atoms with Crippen LogP contribution in [-0.2, 0) is 14.4 Å². The minimum absolute atomic E-state index is 0.161. The fraction of sp³-hybridized carbons (Fsp3) is 0.179. The summed E-state index contributed by atoms with van der Waals surface area (Å²) >= 11 is 0. The van der Waals surface area contributed by atoms with E-state index >= 15 is 0 Å². The van der Waals surface area contributed by atoms with E-state index in [4.69, 9.17) is 14.2 Å². The van der Waals surface area contributed by atoms with Gasteiger partial charge in [0.05, 0.1) is 0 Å². The molecule has 0 saturated heterocycles. The molecule has 0 aromatic heterocycles. The van der Waals surface area contributed by atoms with Gasteiger partial charge in [-0.25, -0.2) is 0 Å². The molecule has 0 unspecified atom stereocenters. The highest BCUT2D eigenvalue weighted by Gasteiger charge is 2.17. The molecule has 0 radical (unpaired) electrons. The first-order valence-electron chi connectivity index (χ1n) is 10.9. The van der Waals surface area contributed by atoms with E-state index < -0.39 is 11.9 Å². The number of carbonyl (C=O) groups is 3. The number of carbonyl (C=O) groups excluding carboxylic acids is 3. The van der Waals surface area contributed by atoms with Crippen molar-refractivity contribution >= 4 is 29.1 Å². The van der Waals surface area contributed by atoms with E-state index in [-0.39, 0.29) is 17.5 Å². The number of benzene rings is 3. The molecule has 3 aromatic rings. The van der Waals surface area contributed by atoms with Gasteiger partial charge in [-0.15, -0.1) is 0 Å². The Bertz CT molecular complexity index is 1220. The number of hydrogen-bond acceptors (Lipinski definition) is 6. The summed E-state index contributed by atoms with van der Waals surface area (Å²) in [6, 6.07) is 22.3. The number of esters is 3. The third-order valence-electron chi connectivity index (χ3n) is 4.92. The lowest BCUT2D eigenvalue weighted by Gasteiger charge is -2.18. The molecule has 0 atom stereocenters. The van der Waals surface area contributed by atoms with Gasteiger partial charge in [0.1, 0.15) is 5.75 Å². The van der Waals surface area contributed by atoms with Gasteiger partial charge >= 0.3 is 17.9 Å². The summed E-state index contributed by atoms with van der Waals surface area (Å²) in [7, 11) is 0. The molecule has 34 heavy (non-hydrogen) atoms. The number of rotatable bonds is 7. The SMILES string of the molecule is CC/C(=C(\c1ccccc1)c1ccc(OC(C)=O)c(OC(C)=O)c1)c1ccc(OC(C)=O)cc1. The van der Waals surface area contributed by atoms with E-state index in [1.165, 1.54) is 20.8 Å². The third kappa shape index (κ3) is 6.19. The first kappa shape index (κ1) is 24.5. The van der Waals surface area contributed by atoms with E-state index in [0.717, 1.165) is 27.8 Å². The second-order valence-electron chi connectivity index (χ2n) is 7.54. The Balaban J connectivity index is 2.21. The fourth-order valence-electron chi connectivity index (χ4n) is 3.67. The van der Waals surface area contributed by atoms with E-state index in [0.29, 0.717) is 12.2 Å². The van der Waals surface area contributed by atoms with Crippen LogP contribution in [0.2, 0.25) is 0 Å². The average Bonchev–Trinajstić information content (AvgIpc) is 2.79. The highest BCUT2D eigenvalue weighted by Crippen LogP contribution is 2.38. The molecule has 3 rings (SSSR count). The zero-order valence-electron chi connectivity index (χ0n) is 19.6. The van der Waals surface area contributed by atoms with Crippen molar-refractivity contribution in [2.75, 3.05) is 0 Å². The molecule has 0 amide bonds. The van der Waals surface area contributed by atoms with Crippen LogP contribution >= 0.6 is 0 Å². The summed E-state index contributed by atoms with van der Waals surface area (Å²) in [5.74, 6) is -0.614. The predicted octanol–water partition coefficient (Wildman–Crippen LogP) is 5.83. The number of hydrogen-bond donors (Lipinski definition) is 0. The van der Waals surface area contributed by atoms with Crippen LogP contribution < -0.4 is 14.2 Å². The Morgan fingerprint density at radius 2 is 1.18 bits per heavy atom. The summed E-state index contributed by atoms with van der Waals surface area (Å²) in [6.45, 7) is 5.99. The molecular weight excluding hydrogens is 432 g/mol.